The maximum Gasteiger partial charge on any atom is 0.287 e. The fraction of sp³-hybridized carbons (Fsp3) is 0.421. The largest absolute Gasteiger partial charge is 0.438 e. The van der Waals surface area contributed by atoms with Crippen molar-refractivity contribution in [2.24, 2.45) is 0 Å². The number of carbonyl (C=O) groups is 1. The molecule has 2 aromatic rings. The predicted molar refractivity (Wildman–Crippen MR) is 100 cm³/mol. The summed E-state index contributed by atoms with van der Waals surface area (Å²) < 4.78 is 32.4. The van der Waals surface area contributed by atoms with Gasteiger partial charge in [0.2, 0.25) is 5.09 Å². The average Bonchev–Trinajstić information content (AvgIpc) is 3.04. The van der Waals surface area contributed by atoms with Gasteiger partial charge in [0.25, 0.3) is 15.9 Å². The lowest BCUT2D eigenvalue weighted by Gasteiger charge is -2.19. The monoisotopic (exact) mass is 378 g/mol. The molecular formula is C19H26N2O4S. The minimum Gasteiger partial charge on any atom is -0.438 e. The van der Waals surface area contributed by atoms with Crippen LogP contribution in [0.25, 0.3) is 0 Å². The summed E-state index contributed by atoms with van der Waals surface area (Å²) in [5.41, 5.74) is 0.351. The number of hydrogen-bond acceptors (Lipinski definition) is 4. The summed E-state index contributed by atoms with van der Waals surface area (Å²) in [6, 6.07) is 12.2. The molecule has 0 bridgehead atoms. The number of sulfonamides is 1. The highest BCUT2D eigenvalue weighted by molar-refractivity contribution is 7.89. The molecule has 2 N–H and O–H groups in total. The molecule has 0 aliphatic carbocycles. The number of carbonyl (C=O) groups excluding carboxylic acids is 1. The predicted octanol–water partition coefficient (Wildman–Crippen LogP) is 3.63. The van der Waals surface area contributed by atoms with Gasteiger partial charge in [0.05, 0.1) is 6.04 Å². The van der Waals surface area contributed by atoms with Crippen molar-refractivity contribution in [3.05, 3.63) is 53.8 Å². The molecule has 1 atom stereocenters. The summed E-state index contributed by atoms with van der Waals surface area (Å²) in [5.74, 6) is -0.471. The van der Waals surface area contributed by atoms with Crippen LogP contribution in [0.3, 0.4) is 0 Å². The van der Waals surface area contributed by atoms with Crippen molar-refractivity contribution < 1.29 is 17.6 Å². The summed E-state index contributed by atoms with van der Waals surface area (Å²) in [4.78, 5) is 12.5. The van der Waals surface area contributed by atoms with E-state index in [2.05, 4.69) is 10.0 Å². The highest BCUT2D eigenvalue weighted by atomic mass is 32.2. The summed E-state index contributed by atoms with van der Waals surface area (Å²) >= 11 is 0. The van der Waals surface area contributed by atoms with Gasteiger partial charge in [-0.05, 0) is 44.9 Å². The van der Waals surface area contributed by atoms with Gasteiger partial charge < -0.3 is 9.73 Å². The van der Waals surface area contributed by atoms with E-state index in [1.165, 1.54) is 12.1 Å². The first-order chi connectivity index (χ1) is 12.1. The van der Waals surface area contributed by atoms with E-state index >= 15 is 0 Å². The molecule has 1 heterocycles. The summed E-state index contributed by atoms with van der Waals surface area (Å²) in [5, 5.41) is 2.64. The molecule has 0 saturated carbocycles. The minimum atomic E-state index is -3.82. The van der Waals surface area contributed by atoms with Crippen molar-refractivity contribution in [1.29, 1.82) is 0 Å². The van der Waals surface area contributed by atoms with E-state index in [9.17, 15) is 13.2 Å². The molecule has 2 rings (SSSR count). The molecule has 26 heavy (non-hydrogen) atoms. The minimum absolute atomic E-state index is 0.0312. The van der Waals surface area contributed by atoms with Gasteiger partial charge in [-0.2, -0.15) is 0 Å². The van der Waals surface area contributed by atoms with Gasteiger partial charge in [-0.15, -0.1) is 0 Å². The average molecular weight is 378 g/mol. The third kappa shape index (κ3) is 5.44. The normalized spacial score (nSPS) is 13.4. The number of amides is 1. The molecule has 0 aliphatic heterocycles. The summed E-state index contributed by atoms with van der Waals surface area (Å²) in [6.45, 7) is 7.24. The van der Waals surface area contributed by atoms with E-state index in [1.54, 1.807) is 20.8 Å². The zero-order valence-electron chi connectivity index (χ0n) is 15.6. The topological polar surface area (TPSA) is 88.4 Å². The van der Waals surface area contributed by atoms with Gasteiger partial charge in [-0.1, -0.05) is 43.7 Å². The van der Waals surface area contributed by atoms with Crippen molar-refractivity contribution in [2.75, 3.05) is 0 Å². The fourth-order valence-electron chi connectivity index (χ4n) is 2.57. The number of furan rings is 1. The standard InChI is InChI=1S/C19H26N2O4S/c1-5-9-15(14-10-7-6-8-11-14)20-18(22)16-12-13-17(25-16)26(23,24)21-19(2,3)4/h6-8,10-13,15,21H,5,9H2,1-4H3,(H,20,22). The summed E-state index contributed by atoms with van der Waals surface area (Å²) in [7, 11) is -3.82. The van der Waals surface area contributed by atoms with Crippen LogP contribution in [0.5, 0.6) is 0 Å². The third-order valence-electron chi connectivity index (χ3n) is 3.60. The van der Waals surface area contributed by atoms with Crippen LogP contribution in [0.1, 0.15) is 62.7 Å². The van der Waals surface area contributed by atoms with E-state index in [0.717, 1.165) is 18.4 Å². The number of hydrogen-bond donors (Lipinski definition) is 2. The van der Waals surface area contributed by atoms with Crippen LogP contribution in [-0.2, 0) is 10.0 Å². The lowest BCUT2D eigenvalue weighted by Crippen LogP contribution is -2.40. The number of benzene rings is 1. The third-order valence-corrected chi connectivity index (χ3v) is 5.23. The highest BCUT2D eigenvalue weighted by Crippen LogP contribution is 2.21. The Balaban J connectivity index is 2.16. The molecule has 0 spiro atoms. The summed E-state index contributed by atoms with van der Waals surface area (Å²) in [6.07, 6.45) is 1.67. The molecule has 1 amide bonds. The van der Waals surface area contributed by atoms with Crippen LogP contribution < -0.4 is 10.0 Å². The van der Waals surface area contributed by atoms with Crippen LogP contribution in [-0.4, -0.2) is 19.9 Å². The van der Waals surface area contributed by atoms with Crippen LogP contribution in [0.15, 0.2) is 52.0 Å². The Morgan fingerprint density at radius 3 is 2.35 bits per heavy atom. The Bertz CT molecular complexity index is 836. The molecular weight excluding hydrogens is 352 g/mol. The fourth-order valence-corrected chi connectivity index (χ4v) is 3.92. The molecule has 1 aromatic carbocycles. The van der Waals surface area contributed by atoms with E-state index in [0.29, 0.717) is 0 Å². The van der Waals surface area contributed by atoms with E-state index < -0.39 is 21.5 Å². The first-order valence-corrected chi connectivity index (χ1v) is 10.1. The van der Waals surface area contributed by atoms with Crippen molar-refractivity contribution in [1.82, 2.24) is 10.0 Å². The molecule has 1 unspecified atom stereocenters. The lowest BCUT2D eigenvalue weighted by atomic mass is 10.0. The van der Waals surface area contributed by atoms with Gasteiger partial charge in [0.15, 0.2) is 5.76 Å². The molecule has 0 aliphatic rings. The van der Waals surface area contributed by atoms with Gasteiger partial charge in [-0.3, -0.25) is 4.79 Å². The maximum atomic E-state index is 12.5. The Hall–Kier alpha value is -2.12. The number of nitrogens with one attached hydrogen (secondary N) is 2. The van der Waals surface area contributed by atoms with Crippen molar-refractivity contribution in [3.8, 4) is 0 Å². The number of rotatable bonds is 7. The molecule has 142 valence electrons. The van der Waals surface area contributed by atoms with Crippen molar-refractivity contribution >= 4 is 15.9 Å². The quantitative estimate of drug-likeness (QED) is 0.770. The zero-order valence-corrected chi connectivity index (χ0v) is 16.4. The van der Waals surface area contributed by atoms with Crippen LogP contribution in [0.2, 0.25) is 0 Å². The van der Waals surface area contributed by atoms with Crippen molar-refractivity contribution in [3.63, 3.8) is 0 Å². The van der Waals surface area contributed by atoms with Crippen LogP contribution in [0, 0.1) is 0 Å². The van der Waals surface area contributed by atoms with E-state index in [1.807, 2.05) is 37.3 Å². The molecule has 0 radical (unpaired) electrons. The SMILES string of the molecule is CCCC(NC(=O)c1ccc(S(=O)(=O)NC(C)(C)C)o1)c1ccccc1. The van der Waals surface area contributed by atoms with E-state index in [-0.39, 0.29) is 16.9 Å². The Labute approximate surface area is 155 Å². The molecule has 0 fully saturated rings. The van der Waals surface area contributed by atoms with E-state index in [4.69, 9.17) is 4.42 Å². The van der Waals surface area contributed by atoms with Crippen LogP contribution >= 0.6 is 0 Å². The smallest absolute Gasteiger partial charge is 0.287 e. The van der Waals surface area contributed by atoms with Gasteiger partial charge in [-0.25, -0.2) is 13.1 Å². The Morgan fingerprint density at radius 1 is 1.12 bits per heavy atom. The van der Waals surface area contributed by atoms with Gasteiger partial charge in [0.1, 0.15) is 0 Å². The van der Waals surface area contributed by atoms with Gasteiger partial charge in [0, 0.05) is 5.54 Å². The first kappa shape index (κ1) is 20.2. The zero-order chi connectivity index (χ0) is 19.4. The first-order valence-electron chi connectivity index (χ1n) is 8.62. The second kappa shape index (κ2) is 8.05. The molecule has 7 heteroatoms. The van der Waals surface area contributed by atoms with Crippen molar-refractivity contribution in [2.45, 2.75) is 57.2 Å². The Morgan fingerprint density at radius 2 is 1.77 bits per heavy atom. The molecule has 6 nitrogen and oxygen atoms in total. The second-order valence-electron chi connectivity index (χ2n) is 7.20. The van der Waals surface area contributed by atoms with Gasteiger partial charge >= 0.3 is 0 Å². The molecule has 1 aromatic heterocycles. The maximum absolute atomic E-state index is 12.5. The highest BCUT2D eigenvalue weighted by Gasteiger charge is 2.26. The molecule has 0 saturated heterocycles. The second-order valence-corrected chi connectivity index (χ2v) is 8.81. The lowest BCUT2D eigenvalue weighted by molar-refractivity contribution is 0.0901. The van der Waals surface area contributed by atoms with Crippen LogP contribution in [0.4, 0.5) is 0 Å². The Kier molecular flexibility index (Phi) is 6.26.